The zero-order valence-electron chi connectivity index (χ0n) is 20.0. The number of nitrogens with one attached hydrogen (secondary N) is 1. The molecule has 4 aliphatic rings. The van der Waals surface area contributed by atoms with Crippen LogP contribution in [0.5, 0.6) is 0 Å². The van der Waals surface area contributed by atoms with Gasteiger partial charge in [-0.15, -0.1) is 0 Å². The van der Waals surface area contributed by atoms with E-state index in [1.54, 1.807) is 13.2 Å². The van der Waals surface area contributed by atoms with Gasteiger partial charge in [-0.1, -0.05) is 24.3 Å². The van der Waals surface area contributed by atoms with Crippen LogP contribution in [-0.4, -0.2) is 34.2 Å². The van der Waals surface area contributed by atoms with Crippen molar-refractivity contribution in [3.8, 4) is 0 Å². The first-order valence-corrected chi connectivity index (χ1v) is 14.0. The lowest BCUT2D eigenvalue weighted by Gasteiger charge is -2.57. The van der Waals surface area contributed by atoms with E-state index in [1.807, 2.05) is 30.3 Å². The Bertz CT molecular complexity index is 1120. The molecule has 0 atom stereocenters. The number of carbonyl (C=O) groups excluding carboxylic acids is 1. The summed E-state index contributed by atoms with van der Waals surface area (Å²) in [5.74, 6) is 2.17. The Kier molecular flexibility index (Phi) is 6.19. The van der Waals surface area contributed by atoms with Crippen molar-refractivity contribution in [1.82, 2.24) is 0 Å². The Morgan fingerprint density at radius 1 is 1.03 bits per heavy atom. The zero-order valence-corrected chi connectivity index (χ0v) is 20.8. The average Bonchev–Trinajstić information content (AvgIpc) is 2.76. The third-order valence-corrected chi connectivity index (χ3v) is 9.16. The number of hydrogen-bond donors (Lipinski definition) is 1. The second-order valence-electron chi connectivity index (χ2n) is 10.7. The SMILES string of the molecule is COCc1cccc(NC(=O)CN(c2ccc(C34CC5CC(CC(C5)C3)C4)cc2)S(C)(=O)=O)c1. The van der Waals surface area contributed by atoms with Gasteiger partial charge in [-0.2, -0.15) is 0 Å². The molecule has 6 rings (SSSR count). The molecule has 1 N–H and O–H groups in total. The van der Waals surface area contributed by atoms with E-state index in [0.29, 0.717) is 18.0 Å². The number of benzene rings is 2. The number of rotatable bonds is 8. The molecular weight excluding hydrogens is 448 g/mol. The number of amides is 1. The fourth-order valence-corrected chi connectivity index (χ4v) is 7.94. The molecule has 6 nitrogen and oxygen atoms in total. The fraction of sp³-hybridized carbons (Fsp3) is 0.519. The molecule has 0 saturated heterocycles. The van der Waals surface area contributed by atoms with E-state index in [4.69, 9.17) is 4.74 Å². The van der Waals surface area contributed by atoms with Crippen molar-refractivity contribution in [2.75, 3.05) is 29.5 Å². The van der Waals surface area contributed by atoms with Crippen LogP contribution >= 0.6 is 0 Å². The zero-order chi connectivity index (χ0) is 23.9. The Morgan fingerprint density at radius 3 is 2.21 bits per heavy atom. The fourth-order valence-electron chi connectivity index (χ4n) is 7.08. The van der Waals surface area contributed by atoms with Gasteiger partial charge in [0, 0.05) is 12.8 Å². The van der Waals surface area contributed by atoms with Crippen molar-refractivity contribution in [3.05, 3.63) is 59.7 Å². The van der Waals surface area contributed by atoms with E-state index < -0.39 is 10.0 Å². The monoisotopic (exact) mass is 482 g/mol. The third kappa shape index (κ3) is 4.73. The molecule has 4 aliphatic carbocycles. The summed E-state index contributed by atoms with van der Waals surface area (Å²) in [7, 11) is -2.01. The molecule has 0 heterocycles. The average molecular weight is 483 g/mol. The quantitative estimate of drug-likeness (QED) is 0.592. The van der Waals surface area contributed by atoms with E-state index in [9.17, 15) is 13.2 Å². The molecule has 4 saturated carbocycles. The molecule has 2 aromatic carbocycles. The molecule has 0 unspecified atom stereocenters. The topological polar surface area (TPSA) is 75.7 Å². The van der Waals surface area contributed by atoms with Gasteiger partial charge in [-0.3, -0.25) is 9.10 Å². The van der Waals surface area contributed by atoms with Crippen molar-refractivity contribution < 1.29 is 17.9 Å². The Hall–Kier alpha value is -2.38. The molecule has 1 amide bonds. The van der Waals surface area contributed by atoms with Crippen molar-refractivity contribution in [2.45, 2.75) is 50.5 Å². The number of methoxy groups -OCH3 is 1. The van der Waals surface area contributed by atoms with Crippen molar-refractivity contribution >= 4 is 27.3 Å². The predicted molar refractivity (Wildman–Crippen MR) is 134 cm³/mol. The van der Waals surface area contributed by atoms with Crippen LogP contribution in [0.1, 0.15) is 49.7 Å². The van der Waals surface area contributed by atoms with Crippen LogP contribution in [-0.2, 0) is 31.6 Å². The van der Waals surface area contributed by atoms with Gasteiger partial charge in [0.2, 0.25) is 15.9 Å². The van der Waals surface area contributed by atoms with Gasteiger partial charge in [0.05, 0.1) is 18.6 Å². The van der Waals surface area contributed by atoms with Crippen LogP contribution in [0.3, 0.4) is 0 Å². The van der Waals surface area contributed by atoms with Crippen molar-refractivity contribution in [1.29, 1.82) is 0 Å². The van der Waals surface area contributed by atoms with Crippen LogP contribution in [0.4, 0.5) is 11.4 Å². The first-order chi connectivity index (χ1) is 16.2. The summed E-state index contributed by atoms with van der Waals surface area (Å²) in [4.78, 5) is 12.8. The summed E-state index contributed by atoms with van der Waals surface area (Å²) in [6, 6.07) is 15.3. The maximum Gasteiger partial charge on any atom is 0.245 e. The van der Waals surface area contributed by atoms with Crippen molar-refractivity contribution in [3.63, 3.8) is 0 Å². The molecule has 34 heavy (non-hydrogen) atoms. The lowest BCUT2D eigenvalue weighted by Crippen LogP contribution is -2.48. The minimum atomic E-state index is -3.63. The van der Waals surface area contributed by atoms with E-state index in [-0.39, 0.29) is 17.9 Å². The highest BCUT2D eigenvalue weighted by Crippen LogP contribution is 2.60. The molecule has 2 aromatic rings. The number of nitrogens with zero attached hydrogens (tertiary/aromatic N) is 1. The first kappa shape index (κ1) is 23.4. The highest BCUT2D eigenvalue weighted by Gasteiger charge is 2.51. The minimum Gasteiger partial charge on any atom is -0.380 e. The molecule has 0 spiro atoms. The molecule has 0 radical (unpaired) electrons. The number of ether oxygens (including phenoxy) is 1. The summed E-state index contributed by atoms with van der Waals surface area (Å²) in [5.41, 5.74) is 3.67. The lowest BCUT2D eigenvalue weighted by molar-refractivity contribution is -0.114. The summed E-state index contributed by atoms with van der Waals surface area (Å²) in [6.45, 7) is 0.166. The second-order valence-corrected chi connectivity index (χ2v) is 12.6. The van der Waals surface area contributed by atoms with E-state index in [0.717, 1.165) is 29.6 Å². The standard InChI is InChI=1S/C27H34N2O4S/c1-33-18-19-4-3-5-24(13-19)28-26(30)17-29(34(2,31)32)25-8-6-23(7-9-25)27-14-20-10-21(15-27)12-22(11-20)16-27/h3-9,13,20-22H,10-12,14-18H2,1-2H3,(H,28,30). The molecule has 0 aliphatic heterocycles. The highest BCUT2D eigenvalue weighted by molar-refractivity contribution is 7.92. The summed E-state index contributed by atoms with van der Waals surface area (Å²) < 4.78 is 31.5. The molecular formula is C27H34N2O4S. The highest BCUT2D eigenvalue weighted by atomic mass is 32.2. The summed E-state index contributed by atoms with van der Waals surface area (Å²) in [5, 5.41) is 2.81. The number of sulfonamides is 1. The molecule has 7 heteroatoms. The first-order valence-electron chi connectivity index (χ1n) is 12.2. The summed E-state index contributed by atoms with van der Waals surface area (Å²) in [6.07, 6.45) is 9.11. The number of carbonyl (C=O) groups is 1. The van der Waals surface area contributed by atoms with Gasteiger partial charge >= 0.3 is 0 Å². The third-order valence-electron chi connectivity index (χ3n) is 8.02. The Labute approximate surface area is 202 Å². The van der Waals surface area contributed by atoms with Gasteiger partial charge in [-0.25, -0.2) is 8.42 Å². The van der Waals surface area contributed by atoms with Crippen LogP contribution in [0.25, 0.3) is 0 Å². The normalized spacial score (nSPS) is 27.5. The maximum atomic E-state index is 12.8. The van der Waals surface area contributed by atoms with Gasteiger partial charge in [-0.05, 0) is 97.1 Å². The van der Waals surface area contributed by atoms with Crippen molar-refractivity contribution in [2.24, 2.45) is 17.8 Å². The summed E-state index contributed by atoms with van der Waals surface area (Å²) >= 11 is 0. The molecule has 182 valence electrons. The van der Waals surface area contributed by atoms with E-state index in [2.05, 4.69) is 17.4 Å². The van der Waals surface area contributed by atoms with Gasteiger partial charge in [0.15, 0.2) is 0 Å². The largest absolute Gasteiger partial charge is 0.380 e. The maximum absolute atomic E-state index is 12.8. The minimum absolute atomic E-state index is 0.258. The lowest BCUT2D eigenvalue weighted by atomic mass is 9.48. The number of anilines is 2. The van der Waals surface area contributed by atoms with Crippen LogP contribution in [0.15, 0.2) is 48.5 Å². The Balaban J connectivity index is 1.32. The van der Waals surface area contributed by atoms with Gasteiger partial charge < -0.3 is 10.1 Å². The number of hydrogen-bond acceptors (Lipinski definition) is 4. The molecule has 4 fully saturated rings. The van der Waals surface area contributed by atoms with E-state index >= 15 is 0 Å². The van der Waals surface area contributed by atoms with Crippen LogP contribution < -0.4 is 9.62 Å². The van der Waals surface area contributed by atoms with E-state index in [1.165, 1.54) is 48.4 Å². The molecule has 0 aromatic heterocycles. The second kappa shape index (κ2) is 9.00. The molecule has 4 bridgehead atoms. The predicted octanol–water partition coefficient (Wildman–Crippen LogP) is 4.71. The van der Waals surface area contributed by atoms with Gasteiger partial charge in [0.25, 0.3) is 0 Å². The van der Waals surface area contributed by atoms with Crippen LogP contribution in [0.2, 0.25) is 0 Å². The van der Waals surface area contributed by atoms with Crippen LogP contribution in [0, 0.1) is 17.8 Å². The Morgan fingerprint density at radius 2 is 1.65 bits per heavy atom. The van der Waals surface area contributed by atoms with Gasteiger partial charge in [0.1, 0.15) is 6.54 Å². The smallest absolute Gasteiger partial charge is 0.245 e.